The van der Waals surface area contributed by atoms with E-state index in [1.807, 2.05) is 67.6 Å². The Hall–Kier alpha value is -2.96. The number of amides is 1. The zero-order valence-electron chi connectivity index (χ0n) is 17.2. The van der Waals surface area contributed by atoms with Crippen molar-refractivity contribution in [2.24, 2.45) is 0 Å². The second kappa shape index (κ2) is 8.05. The number of carbonyl (C=O) groups is 1. The Kier molecular flexibility index (Phi) is 5.45. The maximum atomic E-state index is 12.3. The third-order valence-electron chi connectivity index (χ3n) is 5.61. The fourth-order valence-corrected chi connectivity index (χ4v) is 4.56. The molecule has 0 bridgehead atoms. The predicted octanol–water partition coefficient (Wildman–Crippen LogP) is 5.09. The van der Waals surface area contributed by atoms with Gasteiger partial charge in [0, 0.05) is 26.4 Å². The van der Waals surface area contributed by atoms with Crippen molar-refractivity contribution in [1.29, 1.82) is 0 Å². The summed E-state index contributed by atoms with van der Waals surface area (Å²) in [4.78, 5) is 13.9. The first-order chi connectivity index (χ1) is 14.3. The van der Waals surface area contributed by atoms with Crippen molar-refractivity contribution in [2.45, 2.75) is 19.3 Å². The average molecular weight is 421 g/mol. The molecule has 0 aliphatic heterocycles. The maximum Gasteiger partial charge on any atom is 0.266 e. The molecule has 30 heavy (non-hydrogen) atoms. The molecule has 0 aromatic heterocycles. The van der Waals surface area contributed by atoms with Crippen LogP contribution < -0.4 is 4.31 Å². The van der Waals surface area contributed by atoms with Crippen LogP contribution in [0.4, 0.5) is 11.4 Å². The zero-order chi connectivity index (χ0) is 21.4. The van der Waals surface area contributed by atoms with Gasteiger partial charge in [-0.1, -0.05) is 48.0 Å². The fourth-order valence-electron chi connectivity index (χ4n) is 3.97. The highest BCUT2D eigenvalue weighted by molar-refractivity contribution is 7.81. The number of carbonyl (C=O) groups excluding carboxylic acids is 1. The first-order valence-corrected chi connectivity index (χ1v) is 10.8. The Bertz CT molecular complexity index is 1190. The quantitative estimate of drug-likeness (QED) is 0.585. The van der Waals surface area contributed by atoms with Crippen LogP contribution in [0.2, 0.25) is 0 Å². The smallest absolute Gasteiger partial charge is 0.266 e. The van der Waals surface area contributed by atoms with Gasteiger partial charge in [-0.05, 0) is 53.1 Å². The molecule has 154 valence electrons. The number of hydrogen-bond donors (Lipinski definition) is 1. The van der Waals surface area contributed by atoms with E-state index in [-0.39, 0.29) is 11.8 Å². The summed E-state index contributed by atoms with van der Waals surface area (Å²) in [6, 6.07) is 19.3. The van der Waals surface area contributed by atoms with Gasteiger partial charge in [0.2, 0.25) is 5.91 Å². The summed E-state index contributed by atoms with van der Waals surface area (Å²) in [7, 11) is 3.51. The van der Waals surface area contributed by atoms with Crippen LogP contribution in [0.25, 0.3) is 16.8 Å². The van der Waals surface area contributed by atoms with Crippen LogP contribution in [0.5, 0.6) is 0 Å². The van der Waals surface area contributed by atoms with E-state index < -0.39 is 11.3 Å². The molecule has 0 heterocycles. The molecule has 2 unspecified atom stereocenters. The van der Waals surface area contributed by atoms with Gasteiger partial charge in [0.25, 0.3) is 11.3 Å². The maximum absolute atomic E-state index is 12.3. The van der Waals surface area contributed by atoms with E-state index in [4.69, 9.17) is 0 Å². The van der Waals surface area contributed by atoms with E-state index in [0.717, 1.165) is 27.5 Å². The van der Waals surface area contributed by atoms with Gasteiger partial charge in [-0.15, -0.1) is 0 Å². The lowest BCUT2D eigenvalue weighted by Gasteiger charge is -2.23. The fraction of sp³-hybridized carbons (Fsp3) is 0.208. The van der Waals surface area contributed by atoms with E-state index in [1.165, 1.54) is 4.31 Å². The number of fused-ring (bicyclic) bond motifs is 2. The predicted molar refractivity (Wildman–Crippen MR) is 123 cm³/mol. The number of allylic oxidation sites excluding steroid dienone is 1. The summed E-state index contributed by atoms with van der Waals surface area (Å²) in [5.41, 5.74) is 4.44. The van der Waals surface area contributed by atoms with E-state index in [0.29, 0.717) is 17.8 Å². The number of benzene rings is 3. The van der Waals surface area contributed by atoms with Crippen LogP contribution in [0, 0.1) is 0 Å². The minimum absolute atomic E-state index is 0.0274. The van der Waals surface area contributed by atoms with E-state index in [2.05, 4.69) is 6.08 Å². The molecule has 6 heteroatoms. The molecule has 3 aromatic rings. The van der Waals surface area contributed by atoms with Crippen molar-refractivity contribution in [3.05, 3.63) is 77.4 Å². The Morgan fingerprint density at radius 2 is 1.67 bits per heavy atom. The highest BCUT2D eigenvalue weighted by atomic mass is 32.2. The van der Waals surface area contributed by atoms with Gasteiger partial charge >= 0.3 is 0 Å². The highest BCUT2D eigenvalue weighted by Gasteiger charge is 2.27. The zero-order valence-corrected chi connectivity index (χ0v) is 18.0. The lowest BCUT2D eigenvalue weighted by molar-refractivity contribution is -0.128. The van der Waals surface area contributed by atoms with Crippen molar-refractivity contribution in [3.8, 4) is 0 Å². The molecule has 1 amide bonds. The van der Waals surface area contributed by atoms with E-state index in [9.17, 15) is 13.6 Å². The molecule has 1 aliphatic rings. The molecule has 1 N–H and O–H groups in total. The summed E-state index contributed by atoms with van der Waals surface area (Å²) in [6.45, 7) is 2.03. The van der Waals surface area contributed by atoms with Crippen molar-refractivity contribution < 1.29 is 13.6 Å². The topological polar surface area (TPSA) is 60.9 Å². The van der Waals surface area contributed by atoms with Crippen molar-refractivity contribution in [3.63, 3.8) is 0 Å². The summed E-state index contributed by atoms with van der Waals surface area (Å²) in [5, 5.41) is 2.07. The summed E-state index contributed by atoms with van der Waals surface area (Å²) in [5.74, 6) is 0.0311. The first-order valence-electron chi connectivity index (χ1n) is 9.77. The summed E-state index contributed by atoms with van der Waals surface area (Å²) in [6.07, 6.45) is 2.47. The molecule has 0 saturated heterocycles. The minimum Gasteiger partial charge on any atom is -0.349 e. The lowest BCUT2D eigenvalue weighted by atomic mass is 9.92. The number of anilines is 2. The largest absolute Gasteiger partial charge is 0.349 e. The van der Waals surface area contributed by atoms with Crippen LogP contribution in [0.1, 0.15) is 30.4 Å². The standard InChI is InChI=1S/C24H24N2O3S/c1-16-12-19-9-11-21(14-23(19)22(16)15-24(27)25(2)3)26(30(28)29)20-10-8-17-6-4-5-7-18(17)13-20/h4-14,22H,15H2,1-3H3,(H,28,29). The van der Waals surface area contributed by atoms with E-state index >= 15 is 0 Å². The van der Waals surface area contributed by atoms with Gasteiger partial charge in [-0.25, -0.2) is 8.51 Å². The Morgan fingerprint density at radius 1 is 1.00 bits per heavy atom. The molecular weight excluding hydrogens is 396 g/mol. The van der Waals surface area contributed by atoms with Gasteiger partial charge in [0.15, 0.2) is 0 Å². The van der Waals surface area contributed by atoms with Gasteiger partial charge in [-0.3, -0.25) is 9.35 Å². The molecule has 3 aromatic carbocycles. The Labute approximate surface area is 179 Å². The van der Waals surface area contributed by atoms with Gasteiger partial charge in [0.05, 0.1) is 11.4 Å². The van der Waals surface area contributed by atoms with Gasteiger partial charge in [-0.2, -0.15) is 0 Å². The van der Waals surface area contributed by atoms with Gasteiger partial charge < -0.3 is 4.90 Å². The summed E-state index contributed by atoms with van der Waals surface area (Å²) >= 11 is -2.24. The van der Waals surface area contributed by atoms with Crippen molar-refractivity contribution in [1.82, 2.24) is 4.90 Å². The van der Waals surface area contributed by atoms with Crippen LogP contribution >= 0.6 is 0 Å². The molecule has 4 rings (SSSR count). The third kappa shape index (κ3) is 3.76. The Morgan fingerprint density at radius 3 is 2.37 bits per heavy atom. The van der Waals surface area contributed by atoms with Gasteiger partial charge in [0.1, 0.15) is 0 Å². The molecule has 2 atom stereocenters. The molecule has 0 spiro atoms. The number of hydrogen-bond acceptors (Lipinski definition) is 2. The second-order valence-corrected chi connectivity index (χ2v) is 8.63. The molecule has 0 fully saturated rings. The SMILES string of the molecule is CC1=Cc2ccc(N(c3ccc4ccccc4c3)S(=O)O)cc2C1CC(=O)N(C)C. The van der Waals surface area contributed by atoms with Crippen LogP contribution in [0.3, 0.4) is 0 Å². The van der Waals surface area contributed by atoms with Crippen LogP contribution in [-0.2, 0) is 16.1 Å². The van der Waals surface area contributed by atoms with Crippen molar-refractivity contribution >= 4 is 45.4 Å². The number of nitrogens with zero attached hydrogens (tertiary/aromatic N) is 2. The Balaban J connectivity index is 1.74. The molecule has 5 nitrogen and oxygen atoms in total. The number of rotatable bonds is 5. The lowest BCUT2D eigenvalue weighted by Crippen LogP contribution is -2.24. The molecular formula is C24H24N2O3S. The van der Waals surface area contributed by atoms with Crippen LogP contribution in [0.15, 0.2) is 66.2 Å². The first kappa shape index (κ1) is 20.3. The molecule has 0 saturated carbocycles. The molecule has 0 radical (unpaired) electrons. The third-order valence-corrected chi connectivity index (χ3v) is 6.35. The summed E-state index contributed by atoms with van der Waals surface area (Å²) < 4.78 is 23.8. The van der Waals surface area contributed by atoms with Crippen LogP contribution in [-0.4, -0.2) is 33.7 Å². The van der Waals surface area contributed by atoms with E-state index in [1.54, 1.807) is 19.0 Å². The van der Waals surface area contributed by atoms with Crippen molar-refractivity contribution in [2.75, 3.05) is 18.4 Å². The monoisotopic (exact) mass is 420 g/mol. The molecule has 1 aliphatic carbocycles. The highest BCUT2D eigenvalue weighted by Crippen LogP contribution is 2.41. The minimum atomic E-state index is -2.24. The average Bonchev–Trinajstić information content (AvgIpc) is 3.02. The normalized spacial score (nSPS) is 16.1. The second-order valence-electron chi connectivity index (χ2n) is 7.80.